The number of imidazole rings is 1. The normalized spacial score (nSPS) is 19.1. The van der Waals surface area contributed by atoms with E-state index in [1.165, 1.54) is 7.11 Å². The minimum absolute atomic E-state index is 0.0618. The average Bonchev–Trinajstić information content (AvgIpc) is 3.33. The highest BCUT2D eigenvalue weighted by atomic mass is 16.5. The predicted octanol–water partition coefficient (Wildman–Crippen LogP) is 2.37. The molecule has 3 heterocycles. The highest BCUT2D eigenvalue weighted by Crippen LogP contribution is 2.31. The Morgan fingerprint density at radius 1 is 1.25 bits per heavy atom. The zero-order valence-corrected chi connectivity index (χ0v) is 16.2. The van der Waals surface area contributed by atoms with Gasteiger partial charge in [0.15, 0.2) is 17.0 Å². The number of fused-ring (bicyclic) bond motifs is 1. The molecule has 1 fully saturated rings. The monoisotopic (exact) mass is 381 g/mol. The number of carbonyl (C=O) groups is 1. The number of aromatic nitrogens is 6. The van der Waals surface area contributed by atoms with Gasteiger partial charge in [0.25, 0.3) is 0 Å². The van der Waals surface area contributed by atoms with Crippen LogP contribution in [0.5, 0.6) is 0 Å². The van der Waals surface area contributed by atoms with Crippen LogP contribution in [0.4, 0.5) is 5.82 Å². The number of nitrogens with zero attached hydrogens (tertiary/aromatic N) is 6. The average molecular weight is 381 g/mol. The van der Waals surface area contributed by atoms with Crippen molar-refractivity contribution in [1.82, 2.24) is 29.5 Å². The lowest BCUT2D eigenvalue weighted by atomic mass is 10.1. The van der Waals surface area contributed by atoms with Crippen molar-refractivity contribution in [3.8, 4) is 11.4 Å². The Labute approximate surface area is 162 Å². The number of anilines is 1. The molecule has 1 aliphatic rings. The van der Waals surface area contributed by atoms with E-state index in [2.05, 4.69) is 25.3 Å². The minimum Gasteiger partial charge on any atom is -0.469 e. The van der Waals surface area contributed by atoms with Crippen molar-refractivity contribution in [1.29, 1.82) is 0 Å². The fraction of sp³-hybridized carbons (Fsp3) is 0.474. The van der Waals surface area contributed by atoms with Gasteiger partial charge in [-0.25, -0.2) is 24.9 Å². The van der Waals surface area contributed by atoms with Gasteiger partial charge in [-0.05, 0) is 33.1 Å². The van der Waals surface area contributed by atoms with E-state index in [4.69, 9.17) is 9.72 Å². The third kappa shape index (κ3) is 3.28. The van der Waals surface area contributed by atoms with Gasteiger partial charge in [-0.2, -0.15) is 0 Å². The van der Waals surface area contributed by atoms with Gasteiger partial charge in [-0.3, -0.25) is 4.79 Å². The summed E-state index contributed by atoms with van der Waals surface area (Å²) in [5.41, 5.74) is 2.31. The lowest BCUT2D eigenvalue weighted by molar-refractivity contribution is -0.145. The zero-order valence-electron chi connectivity index (χ0n) is 16.2. The van der Waals surface area contributed by atoms with Crippen molar-refractivity contribution >= 4 is 23.0 Å². The molecule has 9 nitrogen and oxygen atoms in total. The van der Waals surface area contributed by atoms with E-state index >= 15 is 0 Å². The molecule has 9 heteroatoms. The summed E-state index contributed by atoms with van der Waals surface area (Å²) < 4.78 is 6.90. The zero-order chi connectivity index (χ0) is 19.7. The Kier molecular flexibility index (Phi) is 4.89. The standard InChI is InChI=1S/C19H23N7O2/c1-4-26-17(13-8-20-11(2)21-9-13)25-15-16(22-10-23-18(15)26)24-14-6-5-12(7-14)19(27)28-3/h8-10,12,14H,4-7H2,1-3H3,(H,22,23,24)/t12-,14-/m0/s1. The van der Waals surface area contributed by atoms with Crippen LogP contribution >= 0.6 is 0 Å². The number of esters is 1. The number of hydrogen-bond acceptors (Lipinski definition) is 8. The van der Waals surface area contributed by atoms with Gasteiger partial charge in [0, 0.05) is 25.0 Å². The summed E-state index contributed by atoms with van der Waals surface area (Å²) in [6.07, 6.45) is 7.51. The first-order valence-electron chi connectivity index (χ1n) is 9.45. The Bertz CT molecular complexity index is 999. The van der Waals surface area contributed by atoms with Crippen LogP contribution in [-0.4, -0.2) is 48.6 Å². The van der Waals surface area contributed by atoms with Crippen LogP contribution in [0, 0.1) is 12.8 Å². The SMILES string of the molecule is CCn1c(-c2cnc(C)nc2)nc2c(N[C@H]3CC[C@H](C(=O)OC)C3)ncnc21. The number of rotatable bonds is 5. The minimum atomic E-state index is -0.144. The quantitative estimate of drug-likeness (QED) is 0.671. The summed E-state index contributed by atoms with van der Waals surface area (Å²) in [6, 6.07) is 0.153. The number of aryl methyl sites for hydroxylation is 2. The van der Waals surface area contributed by atoms with E-state index in [1.54, 1.807) is 18.7 Å². The third-order valence-corrected chi connectivity index (χ3v) is 5.20. The van der Waals surface area contributed by atoms with Crippen LogP contribution in [0.25, 0.3) is 22.6 Å². The van der Waals surface area contributed by atoms with Gasteiger partial charge >= 0.3 is 5.97 Å². The second-order valence-electron chi connectivity index (χ2n) is 6.97. The summed E-state index contributed by atoms with van der Waals surface area (Å²) >= 11 is 0. The first kappa shape index (κ1) is 18.3. The van der Waals surface area contributed by atoms with Crippen LogP contribution in [0.1, 0.15) is 32.0 Å². The summed E-state index contributed by atoms with van der Waals surface area (Å²) in [5, 5.41) is 3.45. The van der Waals surface area contributed by atoms with Gasteiger partial charge in [0.2, 0.25) is 0 Å². The number of nitrogens with one attached hydrogen (secondary N) is 1. The third-order valence-electron chi connectivity index (χ3n) is 5.20. The molecule has 146 valence electrons. The van der Waals surface area contributed by atoms with Gasteiger partial charge < -0.3 is 14.6 Å². The molecule has 0 unspecified atom stereocenters. The molecule has 0 radical (unpaired) electrons. The van der Waals surface area contributed by atoms with E-state index in [9.17, 15) is 4.79 Å². The van der Waals surface area contributed by atoms with E-state index in [0.717, 1.165) is 36.3 Å². The Balaban J connectivity index is 1.67. The first-order valence-corrected chi connectivity index (χ1v) is 9.45. The summed E-state index contributed by atoms with van der Waals surface area (Å²) in [4.78, 5) is 34.0. The molecule has 28 heavy (non-hydrogen) atoms. The molecule has 0 bridgehead atoms. The van der Waals surface area contributed by atoms with Gasteiger partial charge in [-0.1, -0.05) is 0 Å². The Hall–Kier alpha value is -3.10. The second-order valence-corrected chi connectivity index (χ2v) is 6.97. The summed E-state index contributed by atoms with van der Waals surface area (Å²) in [7, 11) is 1.44. The molecule has 2 atom stereocenters. The number of carbonyl (C=O) groups excluding carboxylic acids is 1. The van der Waals surface area contributed by atoms with Gasteiger partial charge in [-0.15, -0.1) is 0 Å². The fourth-order valence-corrected chi connectivity index (χ4v) is 3.76. The van der Waals surface area contributed by atoms with E-state index < -0.39 is 0 Å². The van der Waals surface area contributed by atoms with E-state index in [0.29, 0.717) is 23.7 Å². The molecule has 1 N–H and O–H groups in total. The van der Waals surface area contributed by atoms with Gasteiger partial charge in [0.05, 0.1) is 18.6 Å². The molecule has 1 saturated carbocycles. The highest BCUT2D eigenvalue weighted by molar-refractivity contribution is 5.86. The molecular formula is C19H23N7O2. The smallest absolute Gasteiger partial charge is 0.308 e. The van der Waals surface area contributed by atoms with Crippen molar-refractivity contribution < 1.29 is 9.53 Å². The molecule has 0 amide bonds. The summed E-state index contributed by atoms with van der Waals surface area (Å²) in [6.45, 7) is 4.61. The Morgan fingerprint density at radius 2 is 2.04 bits per heavy atom. The maximum atomic E-state index is 11.8. The lowest BCUT2D eigenvalue weighted by Gasteiger charge is -2.13. The maximum Gasteiger partial charge on any atom is 0.308 e. The number of methoxy groups -OCH3 is 1. The molecule has 4 rings (SSSR count). The number of ether oxygens (including phenoxy) is 1. The lowest BCUT2D eigenvalue weighted by Crippen LogP contribution is -2.19. The molecule has 0 saturated heterocycles. The second kappa shape index (κ2) is 7.49. The highest BCUT2D eigenvalue weighted by Gasteiger charge is 2.31. The van der Waals surface area contributed by atoms with E-state index in [-0.39, 0.29) is 17.9 Å². The molecule has 0 spiro atoms. The fourth-order valence-electron chi connectivity index (χ4n) is 3.76. The van der Waals surface area contributed by atoms with Crippen molar-refractivity contribution in [3.05, 3.63) is 24.5 Å². The summed E-state index contributed by atoms with van der Waals surface area (Å²) in [5.74, 6) is 1.95. The van der Waals surface area contributed by atoms with Crippen molar-refractivity contribution in [2.45, 2.75) is 45.7 Å². The molecule has 3 aromatic heterocycles. The molecule has 3 aromatic rings. The van der Waals surface area contributed by atoms with Crippen LogP contribution in [0.2, 0.25) is 0 Å². The maximum absolute atomic E-state index is 11.8. The molecule has 0 aromatic carbocycles. The van der Waals surface area contributed by atoms with Crippen LogP contribution in [0.15, 0.2) is 18.7 Å². The van der Waals surface area contributed by atoms with Crippen LogP contribution < -0.4 is 5.32 Å². The topological polar surface area (TPSA) is 108 Å². The van der Waals surface area contributed by atoms with E-state index in [1.807, 2.05) is 18.4 Å². The van der Waals surface area contributed by atoms with Crippen molar-refractivity contribution in [2.75, 3.05) is 12.4 Å². The van der Waals surface area contributed by atoms with Crippen molar-refractivity contribution in [2.24, 2.45) is 5.92 Å². The largest absolute Gasteiger partial charge is 0.469 e. The number of hydrogen-bond donors (Lipinski definition) is 1. The molecule has 1 aliphatic carbocycles. The predicted molar refractivity (Wildman–Crippen MR) is 104 cm³/mol. The first-order chi connectivity index (χ1) is 13.6. The Morgan fingerprint density at radius 3 is 2.75 bits per heavy atom. The molecule has 0 aliphatic heterocycles. The van der Waals surface area contributed by atoms with Gasteiger partial charge in [0.1, 0.15) is 18.0 Å². The van der Waals surface area contributed by atoms with Crippen LogP contribution in [0.3, 0.4) is 0 Å². The van der Waals surface area contributed by atoms with Crippen molar-refractivity contribution in [3.63, 3.8) is 0 Å². The van der Waals surface area contributed by atoms with Crippen LogP contribution in [-0.2, 0) is 16.1 Å². The molecular weight excluding hydrogens is 358 g/mol.